The molecule has 5 rings (SSSR count). The number of nitrogens with zero attached hydrogens (tertiary/aromatic N) is 1. The maximum absolute atomic E-state index is 13.5. The van der Waals surface area contributed by atoms with Gasteiger partial charge in [-0.2, -0.15) is 0 Å². The summed E-state index contributed by atoms with van der Waals surface area (Å²) in [6, 6.07) is 15.8. The van der Waals surface area contributed by atoms with E-state index in [4.69, 9.17) is 0 Å². The normalized spacial score (nSPS) is 31.2. The molecule has 2 saturated heterocycles. The Bertz CT molecular complexity index is 1020. The number of hydrogen-bond acceptors (Lipinski definition) is 5. The molecule has 5 atom stereocenters. The highest BCUT2D eigenvalue weighted by Gasteiger charge is 2.70. The van der Waals surface area contributed by atoms with E-state index in [2.05, 4.69) is 10.6 Å². The van der Waals surface area contributed by atoms with Crippen molar-refractivity contribution in [1.82, 2.24) is 10.2 Å². The summed E-state index contributed by atoms with van der Waals surface area (Å²) < 4.78 is 0. The van der Waals surface area contributed by atoms with Crippen LogP contribution in [0.1, 0.15) is 18.1 Å². The number of benzene rings is 2. The predicted molar refractivity (Wildman–Crippen MR) is 104 cm³/mol. The van der Waals surface area contributed by atoms with Gasteiger partial charge in [0.05, 0.1) is 24.5 Å². The van der Waals surface area contributed by atoms with E-state index in [9.17, 15) is 19.5 Å². The Morgan fingerprint density at radius 2 is 1.72 bits per heavy atom. The van der Waals surface area contributed by atoms with Gasteiger partial charge < -0.3 is 10.4 Å². The molecule has 1 spiro atoms. The van der Waals surface area contributed by atoms with Gasteiger partial charge in [-0.1, -0.05) is 48.5 Å². The number of aliphatic hydroxyl groups excluding tert-OH is 1. The lowest BCUT2D eigenvalue weighted by Gasteiger charge is -2.30. The average Bonchev–Trinajstić information content (AvgIpc) is 3.30. The third-order valence-corrected chi connectivity index (χ3v) is 6.35. The molecule has 0 unspecified atom stereocenters. The van der Waals surface area contributed by atoms with E-state index in [1.807, 2.05) is 30.3 Å². The SMILES string of the molecule is C[C@@H](O)[C@@H]1N[C@]2(C(=O)Nc3ccccc32)[C@@H]2C(=O)N(Cc3ccccc3)C(=O)[C@H]12. The van der Waals surface area contributed by atoms with E-state index in [1.54, 1.807) is 31.2 Å². The highest BCUT2D eigenvalue weighted by Crippen LogP contribution is 2.53. The summed E-state index contributed by atoms with van der Waals surface area (Å²) in [7, 11) is 0. The van der Waals surface area contributed by atoms with Crippen LogP contribution in [-0.2, 0) is 26.5 Å². The standard InChI is InChI=1S/C22H21N3O4/c1-12(26)18-16-17(20(28)25(19(16)27)11-13-7-3-2-4-8-13)22(24-18)14-9-5-6-10-15(14)23-21(22)29/h2-10,12,16-18,24,26H,11H2,1H3,(H,23,29)/t12-,16+,17+,18+,22+/m1/s1. The molecule has 2 fully saturated rings. The highest BCUT2D eigenvalue weighted by molar-refractivity contribution is 6.15. The molecule has 3 heterocycles. The largest absolute Gasteiger partial charge is 0.392 e. The Hall–Kier alpha value is -3.03. The lowest BCUT2D eigenvalue weighted by atomic mass is 9.76. The number of fused-ring (bicyclic) bond motifs is 4. The topological polar surface area (TPSA) is 98.7 Å². The van der Waals surface area contributed by atoms with Crippen molar-refractivity contribution in [2.24, 2.45) is 11.8 Å². The Labute approximate surface area is 167 Å². The summed E-state index contributed by atoms with van der Waals surface area (Å²) in [5.41, 5.74) is 0.741. The zero-order chi connectivity index (χ0) is 20.3. The second kappa shape index (κ2) is 6.23. The van der Waals surface area contributed by atoms with Crippen LogP contribution < -0.4 is 10.6 Å². The molecule has 3 aliphatic rings. The second-order valence-corrected chi connectivity index (χ2v) is 7.97. The van der Waals surface area contributed by atoms with Crippen molar-refractivity contribution in [3.05, 3.63) is 65.7 Å². The number of para-hydroxylation sites is 1. The number of amides is 3. The van der Waals surface area contributed by atoms with Crippen LogP contribution in [0.2, 0.25) is 0 Å². The van der Waals surface area contributed by atoms with E-state index in [1.165, 1.54) is 4.90 Å². The Balaban J connectivity index is 1.62. The molecule has 7 heteroatoms. The van der Waals surface area contributed by atoms with E-state index in [0.717, 1.165) is 5.56 Å². The molecule has 0 aromatic heterocycles. The van der Waals surface area contributed by atoms with Gasteiger partial charge in [0.15, 0.2) is 0 Å². The van der Waals surface area contributed by atoms with Crippen molar-refractivity contribution in [2.45, 2.75) is 31.2 Å². The Kier molecular flexibility index (Phi) is 3.88. The number of anilines is 1. The second-order valence-electron chi connectivity index (χ2n) is 7.97. The molecule has 3 amide bonds. The maximum Gasteiger partial charge on any atom is 0.250 e. The number of likely N-dealkylation sites (tertiary alicyclic amines) is 1. The molecular formula is C22H21N3O4. The third kappa shape index (κ3) is 2.34. The molecular weight excluding hydrogens is 370 g/mol. The van der Waals surface area contributed by atoms with E-state index in [-0.39, 0.29) is 24.3 Å². The quantitative estimate of drug-likeness (QED) is 0.678. The number of nitrogens with one attached hydrogen (secondary N) is 2. The van der Waals surface area contributed by atoms with Gasteiger partial charge in [0.25, 0.3) is 0 Å². The molecule has 0 saturated carbocycles. The van der Waals surface area contributed by atoms with Crippen LogP contribution in [0.15, 0.2) is 54.6 Å². The van der Waals surface area contributed by atoms with E-state index in [0.29, 0.717) is 11.3 Å². The fraction of sp³-hybridized carbons (Fsp3) is 0.318. The first-order chi connectivity index (χ1) is 13.9. The molecule has 7 nitrogen and oxygen atoms in total. The van der Waals surface area contributed by atoms with Crippen LogP contribution in [-0.4, -0.2) is 39.9 Å². The molecule has 2 aromatic rings. The van der Waals surface area contributed by atoms with Crippen LogP contribution in [0.4, 0.5) is 5.69 Å². The van der Waals surface area contributed by atoms with Crippen LogP contribution in [0, 0.1) is 11.8 Å². The van der Waals surface area contributed by atoms with Gasteiger partial charge >= 0.3 is 0 Å². The summed E-state index contributed by atoms with van der Waals surface area (Å²) in [5.74, 6) is -2.80. The Morgan fingerprint density at radius 3 is 2.45 bits per heavy atom. The number of rotatable bonds is 3. The minimum Gasteiger partial charge on any atom is -0.392 e. The maximum atomic E-state index is 13.5. The molecule has 0 radical (unpaired) electrons. The average molecular weight is 391 g/mol. The lowest BCUT2D eigenvalue weighted by molar-refractivity contribution is -0.143. The fourth-order valence-electron chi connectivity index (χ4n) is 5.08. The zero-order valence-electron chi connectivity index (χ0n) is 15.8. The van der Waals surface area contributed by atoms with Crippen molar-refractivity contribution in [3.8, 4) is 0 Å². The van der Waals surface area contributed by atoms with Crippen LogP contribution in [0.5, 0.6) is 0 Å². The highest BCUT2D eigenvalue weighted by atomic mass is 16.3. The van der Waals surface area contributed by atoms with Crippen molar-refractivity contribution in [3.63, 3.8) is 0 Å². The van der Waals surface area contributed by atoms with Gasteiger partial charge in [-0.3, -0.25) is 24.6 Å². The Morgan fingerprint density at radius 1 is 1.03 bits per heavy atom. The molecule has 29 heavy (non-hydrogen) atoms. The van der Waals surface area contributed by atoms with Gasteiger partial charge in [0, 0.05) is 17.3 Å². The minimum absolute atomic E-state index is 0.150. The van der Waals surface area contributed by atoms with Crippen LogP contribution in [0.3, 0.4) is 0 Å². The van der Waals surface area contributed by atoms with Gasteiger partial charge in [-0.25, -0.2) is 0 Å². The molecule has 2 aromatic carbocycles. The molecule has 0 aliphatic carbocycles. The summed E-state index contributed by atoms with van der Waals surface area (Å²) >= 11 is 0. The van der Waals surface area contributed by atoms with E-state index < -0.39 is 29.5 Å². The lowest BCUT2D eigenvalue weighted by Crippen LogP contribution is -2.54. The van der Waals surface area contributed by atoms with Crippen LogP contribution in [0.25, 0.3) is 0 Å². The predicted octanol–water partition coefficient (Wildman–Crippen LogP) is 0.988. The zero-order valence-corrected chi connectivity index (χ0v) is 15.8. The summed E-state index contributed by atoms with van der Waals surface area (Å²) in [4.78, 5) is 41.2. The fourth-order valence-corrected chi connectivity index (χ4v) is 5.08. The summed E-state index contributed by atoms with van der Waals surface area (Å²) in [6.45, 7) is 1.72. The molecule has 3 N–H and O–H groups in total. The molecule has 3 aliphatic heterocycles. The minimum atomic E-state index is -1.36. The van der Waals surface area contributed by atoms with Gasteiger partial charge in [0.2, 0.25) is 17.7 Å². The van der Waals surface area contributed by atoms with Gasteiger partial charge in [-0.05, 0) is 18.6 Å². The van der Waals surface area contributed by atoms with Crippen molar-refractivity contribution in [1.29, 1.82) is 0 Å². The summed E-state index contributed by atoms with van der Waals surface area (Å²) in [5, 5.41) is 16.4. The summed E-state index contributed by atoms with van der Waals surface area (Å²) in [6.07, 6.45) is -0.907. The van der Waals surface area contributed by atoms with Crippen LogP contribution >= 0.6 is 0 Å². The van der Waals surface area contributed by atoms with Crippen molar-refractivity contribution in [2.75, 3.05) is 5.32 Å². The number of hydrogen-bond donors (Lipinski definition) is 3. The van der Waals surface area contributed by atoms with Gasteiger partial charge in [-0.15, -0.1) is 0 Å². The number of imide groups is 1. The number of aliphatic hydroxyl groups is 1. The van der Waals surface area contributed by atoms with Crippen molar-refractivity contribution >= 4 is 23.4 Å². The monoisotopic (exact) mass is 391 g/mol. The smallest absolute Gasteiger partial charge is 0.250 e. The first-order valence-corrected chi connectivity index (χ1v) is 9.71. The molecule has 148 valence electrons. The number of carbonyl (C=O) groups excluding carboxylic acids is 3. The van der Waals surface area contributed by atoms with Gasteiger partial charge in [0.1, 0.15) is 5.54 Å². The number of carbonyl (C=O) groups is 3. The first-order valence-electron chi connectivity index (χ1n) is 9.71. The molecule has 0 bridgehead atoms. The van der Waals surface area contributed by atoms with E-state index >= 15 is 0 Å². The first kappa shape index (κ1) is 18.0. The third-order valence-electron chi connectivity index (χ3n) is 6.35. The van der Waals surface area contributed by atoms with Crippen molar-refractivity contribution < 1.29 is 19.5 Å².